The lowest BCUT2D eigenvalue weighted by atomic mass is 9.72. The van der Waals surface area contributed by atoms with Crippen molar-refractivity contribution in [1.82, 2.24) is 10.3 Å². The number of rotatable bonds is 0. The summed E-state index contributed by atoms with van der Waals surface area (Å²) in [5.41, 5.74) is 4.61. The first-order chi connectivity index (χ1) is 9.28. The number of nitrogens with one attached hydrogen (secondary N) is 2. The van der Waals surface area contributed by atoms with Gasteiger partial charge < -0.3 is 10.3 Å². The normalized spacial score (nSPS) is 29.1. The van der Waals surface area contributed by atoms with E-state index in [1.54, 1.807) is 5.56 Å². The summed E-state index contributed by atoms with van der Waals surface area (Å²) >= 11 is 0. The van der Waals surface area contributed by atoms with Gasteiger partial charge in [-0.1, -0.05) is 25.1 Å². The Labute approximate surface area is 126 Å². The molecule has 1 aromatic carbocycles. The molecule has 2 heterocycles. The van der Waals surface area contributed by atoms with Crippen LogP contribution in [0.4, 0.5) is 0 Å². The quantitative estimate of drug-likeness (QED) is 0.750. The lowest BCUT2D eigenvalue weighted by molar-refractivity contribution is 0.184. The number of fused-ring (bicyclic) bond motifs is 4. The van der Waals surface area contributed by atoms with Crippen molar-refractivity contribution in [3.05, 3.63) is 35.5 Å². The largest absolute Gasteiger partial charge is 0.357 e. The number of para-hydroxylation sites is 1. The van der Waals surface area contributed by atoms with Gasteiger partial charge in [-0.2, -0.15) is 0 Å². The molecule has 0 bridgehead atoms. The predicted molar refractivity (Wildman–Crippen MR) is 86.6 cm³/mol. The average molecular weight is 291 g/mol. The summed E-state index contributed by atoms with van der Waals surface area (Å²) in [6, 6.07) is 8.78. The minimum Gasteiger partial charge on any atom is -0.357 e. The molecule has 0 radical (unpaired) electrons. The summed E-state index contributed by atoms with van der Waals surface area (Å²) in [6.45, 7) is 3.52. The second kappa shape index (κ2) is 5.09. The van der Waals surface area contributed by atoms with Gasteiger partial charge in [0.25, 0.3) is 0 Å². The molecule has 4 rings (SSSR count). The first-order valence-electron chi connectivity index (χ1n) is 7.64. The van der Waals surface area contributed by atoms with Gasteiger partial charge in [0, 0.05) is 23.1 Å². The Morgan fingerprint density at radius 3 is 2.70 bits per heavy atom. The molecule has 1 aliphatic heterocycles. The molecule has 0 amide bonds. The predicted octanol–water partition coefficient (Wildman–Crippen LogP) is 4.14. The van der Waals surface area contributed by atoms with E-state index in [-0.39, 0.29) is 17.9 Å². The highest BCUT2D eigenvalue weighted by molar-refractivity contribution is 5.85. The van der Waals surface area contributed by atoms with Crippen LogP contribution in [-0.2, 0) is 12.0 Å². The Morgan fingerprint density at radius 1 is 1.15 bits per heavy atom. The number of benzene rings is 1. The van der Waals surface area contributed by atoms with Gasteiger partial charge in [0.2, 0.25) is 0 Å². The molecular formula is C17H23ClN2. The third-order valence-electron chi connectivity index (χ3n) is 5.26. The zero-order chi connectivity index (χ0) is 12.9. The number of hydrogen-bond donors (Lipinski definition) is 2. The molecule has 1 spiro atoms. The molecule has 20 heavy (non-hydrogen) atoms. The molecule has 1 saturated carbocycles. The van der Waals surface area contributed by atoms with Gasteiger partial charge in [-0.15, -0.1) is 12.4 Å². The first-order valence-corrected chi connectivity index (χ1v) is 7.64. The monoisotopic (exact) mass is 290 g/mol. The summed E-state index contributed by atoms with van der Waals surface area (Å²) in [5, 5.41) is 5.28. The molecule has 2 nitrogen and oxygen atoms in total. The van der Waals surface area contributed by atoms with Crippen molar-refractivity contribution < 1.29 is 0 Å². The van der Waals surface area contributed by atoms with Crippen LogP contribution in [0.2, 0.25) is 0 Å². The van der Waals surface area contributed by atoms with Gasteiger partial charge in [-0.05, 0) is 49.7 Å². The van der Waals surface area contributed by atoms with Crippen molar-refractivity contribution in [2.45, 2.75) is 44.6 Å². The van der Waals surface area contributed by atoms with Gasteiger partial charge in [-0.25, -0.2) is 0 Å². The summed E-state index contributed by atoms with van der Waals surface area (Å²) in [7, 11) is 0. The Kier molecular flexibility index (Phi) is 3.55. The van der Waals surface area contributed by atoms with Gasteiger partial charge in [0.1, 0.15) is 0 Å². The fourth-order valence-corrected chi connectivity index (χ4v) is 4.07. The fraction of sp³-hybridized carbons (Fsp3) is 0.529. The molecule has 0 saturated heterocycles. The van der Waals surface area contributed by atoms with E-state index in [0.29, 0.717) is 0 Å². The second-order valence-corrected chi connectivity index (χ2v) is 6.47. The Bertz CT molecular complexity index is 608. The molecule has 2 N–H and O–H groups in total. The molecule has 1 aliphatic carbocycles. The van der Waals surface area contributed by atoms with Gasteiger partial charge in [0.05, 0.1) is 5.54 Å². The maximum Gasteiger partial charge on any atom is 0.0589 e. The highest BCUT2D eigenvalue weighted by Gasteiger charge is 2.40. The topological polar surface area (TPSA) is 27.8 Å². The fourth-order valence-electron chi connectivity index (χ4n) is 4.07. The Balaban J connectivity index is 0.00000121. The standard InChI is InChI=1S/C17H22N2.ClH/c1-12-6-9-17(10-7-12)16-14(8-11-18-17)13-4-2-3-5-15(13)19-16;/h2-5,12,18-19H,6-11H2,1H3;1H. The molecule has 108 valence electrons. The van der Waals surface area contributed by atoms with Crippen molar-refractivity contribution in [2.24, 2.45) is 5.92 Å². The maximum atomic E-state index is 3.84. The van der Waals surface area contributed by atoms with Crippen molar-refractivity contribution in [1.29, 1.82) is 0 Å². The third kappa shape index (κ3) is 1.97. The van der Waals surface area contributed by atoms with Crippen LogP contribution in [0.25, 0.3) is 10.9 Å². The van der Waals surface area contributed by atoms with Gasteiger partial charge in [-0.3, -0.25) is 0 Å². The van der Waals surface area contributed by atoms with E-state index in [1.165, 1.54) is 42.3 Å². The van der Waals surface area contributed by atoms with Crippen LogP contribution in [0.3, 0.4) is 0 Å². The molecule has 1 fully saturated rings. The zero-order valence-corrected chi connectivity index (χ0v) is 12.9. The summed E-state index contributed by atoms with van der Waals surface area (Å²) < 4.78 is 0. The Morgan fingerprint density at radius 2 is 1.90 bits per heavy atom. The van der Waals surface area contributed by atoms with E-state index in [4.69, 9.17) is 0 Å². The number of halogens is 1. The van der Waals surface area contributed by atoms with Crippen LogP contribution < -0.4 is 5.32 Å². The van der Waals surface area contributed by atoms with E-state index in [2.05, 4.69) is 41.5 Å². The first kappa shape index (κ1) is 14.0. The van der Waals surface area contributed by atoms with E-state index in [1.807, 2.05) is 0 Å². The molecule has 0 unspecified atom stereocenters. The molecule has 2 aliphatic rings. The van der Waals surface area contributed by atoms with Crippen LogP contribution in [0.1, 0.15) is 43.9 Å². The van der Waals surface area contributed by atoms with E-state index >= 15 is 0 Å². The van der Waals surface area contributed by atoms with Crippen molar-refractivity contribution in [2.75, 3.05) is 6.54 Å². The van der Waals surface area contributed by atoms with E-state index in [9.17, 15) is 0 Å². The van der Waals surface area contributed by atoms with Crippen molar-refractivity contribution >= 4 is 23.3 Å². The third-order valence-corrected chi connectivity index (χ3v) is 5.26. The van der Waals surface area contributed by atoms with Crippen LogP contribution in [0, 0.1) is 5.92 Å². The maximum absolute atomic E-state index is 3.84. The highest BCUT2D eigenvalue weighted by Crippen LogP contribution is 2.43. The SMILES string of the molecule is CC1CCC2(CC1)NCCc1c2[nH]c2ccccc12.Cl. The van der Waals surface area contributed by atoms with Crippen molar-refractivity contribution in [3.63, 3.8) is 0 Å². The van der Waals surface area contributed by atoms with Gasteiger partial charge >= 0.3 is 0 Å². The van der Waals surface area contributed by atoms with E-state index < -0.39 is 0 Å². The highest BCUT2D eigenvalue weighted by atomic mass is 35.5. The smallest absolute Gasteiger partial charge is 0.0589 e. The molecule has 1 aromatic heterocycles. The molecule has 0 atom stereocenters. The second-order valence-electron chi connectivity index (χ2n) is 6.47. The van der Waals surface area contributed by atoms with Crippen LogP contribution in [0.5, 0.6) is 0 Å². The number of aromatic nitrogens is 1. The molecule has 2 aromatic rings. The molecular weight excluding hydrogens is 268 g/mol. The van der Waals surface area contributed by atoms with Crippen molar-refractivity contribution in [3.8, 4) is 0 Å². The molecule has 3 heteroatoms. The summed E-state index contributed by atoms with van der Waals surface area (Å²) in [5.74, 6) is 0.891. The number of H-pyrrole nitrogens is 1. The minimum absolute atomic E-state index is 0. The number of hydrogen-bond acceptors (Lipinski definition) is 1. The van der Waals surface area contributed by atoms with E-state index in [0.717, 1.165) is 18.9 Å². The zero-order valence-electron chi connectivity index (χ0n) is 12.0. The lowest BCUT2D eigenvalue weighted by Crippen LogP contribution is -2.49. The Hall–Kier alpha value is -0.990. The van der Waals surface area contributed by atoms with Crippen LogP contribution in [0.15, 0.2) is 24.3 Å². The van der Waals surface area contributed by atoms with Crippen LogP contribution in [-0.4, -0.2) is 11.5 Å². The number of aromatic amines is 1. The van der Waals surface area contributed by atoms with Crippen LogP contribution >= 0.6 is 12.4 Å². The summed E-state index contributed by atoms with van der Waals surface area (Å²) in [4.78, 5) is 3.73. The minimum atomic E-state index is 0. The summed E-state index contributed by atoms with van der Waals surface area (Å²) in [6.07, 6.45) is 6.43. The van der Waals surface area contributed by atoms with Gasteiger partial charge in [0.15, 0.2) is 0 Å². The average Bonchev–Trinajstić information content (AvgIpc) is 2.83. The lowest BCUT2D eigenvalue weighted by Gasteiger charge is -2.43.